The topological polar surface area (TPSA) is 128 Å². The molecule has 2 N–H and O–H groups in total. The molecule has 1 unspecified atom stereocenters. The van der Waals surface area contributed by atoms with E-state index in [-0.39, 0.29) is 11.4 Å². The predicted molar refractivity (Wildman–Crippen MR) is 117 cm³/mol. The molecule has 0 aliphatic carbocycles. The number of hydrogen-bond acceptors (Lipinski definition) is 7. The van der Waals surface area contributed by atoms with E-state index in [0.717, 1.165) is 4.68 Å². The first-order valence-corrected chi connectivity index (χ1v) is 11.5. The third kappa shape index (κ3) is 5.94. The number of hydroxylamine groups is 1. The first kappa shape index (κ1) is 23.5. The molecule has 9 nitrogen and oxygen atoms in total. The number of sulfone groups is 1. The second-order valence-corrected chi connectivity index (χ2v) is 9.45. The van der Waals surface area contributed by atoms with Crippen molar-refractivity contribution < 1.29 is 23.2 Å². The van der Waals surface area contributed by atoms with E-state index in [4.69, 9.17) is 21.5 Å². The Morgan fingerprint density at radius 3 is 2.28 bits per heavy atom. The molecular weight excluding hydrogens is 458 g/mol. The fraction of sp³-hybridized carbons (Fsp3) is 0.190. The highest BCUT2D eigenvalue weighted by Crippen LogP contribution is 2.25. The van der Waals surface area contributed by atoms with Gasteiger partial charge in [0.1, 0.15) is 11.5 Å². The van der Waals surface area contributed by atoms with Crippen LogP contribution in [0.3, 0.4) is 0 Å². The lowest BCUT2D eigenvalue weighted by Crippen LogP contribution is -2.38. The lowest BCUT2D eigenvalue weighted by atomic mass is 10.1. The molecule has 0 aliphatic rings. The van der Waals surface area contributed by atoms with Crippen LogP contribution < -0.4 is 15.8 Å². The van der Waals surface area contributed by atoms with Gasteiger partial charge in [-0.2, -0.15) is 5.10 Å². The molecule has 32 heavy (non-hydrogen) atoms. The van der Waals surface area contributed by atoms with Crippen LogP contribution in [0.5, 0.6) is 11.5 Å². The van der Waals surface area contributed by atoms with Crippen molar-refractivity contribution in [2.24, 2.45) is 5.92 Å². The van der Waals surface area contributed by atoms with Gasteiger partial charge in [-0.15, -0.1) is 0 Å². The molecule has 11 heteroatoms. The Morgan fingerprint density at radius 1 is 1.09 bits per heavy atom. The highest BCUT2D eigenvalue weighted by molar-refractivity contribution is 7.91. The first-order valence-electron chi connectivity index (χ1n) is 9.43. The van der Waals surface area contributed by atoms with Crippen molar-refractivity contribution in [1.29, 1.82) is 0 Å². The van der Waals surface area contributed by atoms with Gasteiger partial charge in [-0.1, -0.05) is 11.6 Å². The van der Waals surface area contributed by atoms with Crippen LogP contribution in [0.15, 0.2) is 70.4 Å². The number of nitrogens with one attached hydrogen (secondary N) is 1. The number of rotatable bonds is 8. The average molecular weight is 478 g/mol. The van der Waals surface area contributed by atoms with Crippen molar-refractivity contribution in [3.63, 3.8) is 0 Å². The maximum atomic E-state index is 12.9. The van der Waals surface area contributed by atoms with Crippen molar-refractivity contribution in [2.75, 3.05) is 5.75 Å². The maximum Gasteiger partial charge on any atom is 0.266 e. The molecule has 2 aromatic carbocycles. The number of ether oxygens (including phenoxy) is 1. The van der Waals surface area contributed by atoms with Gasteiger partial charge in [0.05, 0.1) is 28.8 Å². The van der Waals surface area contributed by atoms with E-state index < -0.39 is 33.0 Å². The molecule has 0 bridgehead atoms. The molecule has 1 atom stereocenters. The van der Waals surface area contributed by atoms with Crippen molar-refractivity contribution in [2.45, 2.75) is 18.4 Å². The van der Waals surface area contributed by atoms with Gasteiger partial charge in [-0.05, 0) is 61.5 Å². The smallest absolute Gasteiger partial charge is 0.266 e. The summed E-state index contributed by atoms with van der Waals surface area (Å²) in [5.41, 5.74) is 1.49. The summed E-state index contributed by atoms with van der Waals surface area (Å²) in [5.74, 6) is -1.89. The normalized spacial score (nSPS) is 12.2. The molecule has 168 valence electrons. The third-order valence-corrected chi connectivity index (χ3v) is 6.61. The summed E-state index contributed by atoms with van der Waals surface area (Å²) < 4.78 is 32.4. The largest absolute Gasteiger partial charge is 0.457 e. The Morgan fingerprint density at radius 2 is 1.69 bits per heavy atom. The van der Waals surface area contributed by atoms with Crippen LogP contribution in [0.1, 0.15) is 5.69 Å². The van der Waals surface area contributed by atoms with Crippen molar-refractivity contribution in [1.82, 2.24) is 15.3 Å². The summed E-state index contributed by atoms with van der Waals surface area (Å²) in [7, 11) is -3.94. The van der Waals surface area contributed by atoms with E-state index in [1.54, 1.807) is 31.2 Å². The summed E-state index contributed by atoms with van der Waals surface area (Å²) in [6.07, 6.45) is 0. The molecule has 0 saturated carbocycles. The van der Waals surface area contributed by atoms with Crippen molar-refractivity contribution >= 4 is 27.3 Å². The van der Waals surface area contributed by atoms with Crippen LogP contribution in [0.4, 0.5) is 0 Å². The number of carbonyl (C=O) groups is 1. The Balaban J connectivity index is 1.78. The molecule has 3 aromatic rings. The van der Waals surface area contributed by atoms with Gasteiger partial charge in [0, 0.05) is 11.1 Å². The van der Waals surface area contributed by atoms with Crippen LogP contribution in [-0.4, -0.2) is 35.1 Å². The second kappa shape index (κ2) is 9.94. The SMILES string of the molecule is Cc1ccc(=O)n(CC(CS(=O)(=O)c2ccc(Oc3ccc(Cl)cc3)cc2)C(=O)NO)n1. The zero-order valence-corrected chi connectivity index (χ0v) is 18.5. The second-order valence-electron chi connectivity index (χ2n) is 6.98. The van der Waals surface area contributed by atoms with Gasteiger partial charge in [-0.25, -0.2) is 18.6 Å². The number of benzene rings is 2. The van der Waals surface area contributed by atoms with E-state index in [1.165, 1.54) is 41.9 Å². The molecule has 0 aliphatic heterocycles. The predicted octanol–water partition coefficient (Wildman–Crippen LogP) is 2.59. The minimum absolute atomic E-state index is 0.0405. The van der Waals surface area contributed by atoms with E-state index >= 15 is 0 Å². The van der Waals surface area contributed by atoms with E-state index in [9.17, 15) is 18.0 Å². The number of aromatic nitrogens is 2. The average Bonchev–Trinajstić information content (AvgIpc) is 2.77. The highest BCUT2D eigenvalue weighted by atomic mass is 35.5. The molecule has 1 aromatic heterocycles. The first-order chi connectivity index (χ1) is 15.2. The molecule has 1 amide bonds. The third-order valence-electron chi connectivity index (χ3n) is 4.53. The molecular formula is C21H20ClN3O6S. The van der Waals surface area contributed by atoms with Gasteiger partial charge in [0.15, 0.2) is 9.84 Å². The summed E-state index contributed by atoms with van der Waals surface area (Å²) >= 11 is 5.84. The van der Waals surface area contributed by atoms with Gasteiger partial charge in [0.25, 0.3) is 5.56 Å². The van der Waals surface area contributed by atoms with Gasteiger partial charge >= 0.3 is 0 Å². The Bertz CT molecular complexity index is 1260. The van der Waals surface area contributed by atoms with Crippen LogP contribution in [-0.2, 0) is 21.2 Å². The zero-order valence-electron chi connectivity index (χ0n) is 16.9. The fourth-order valence-electron chi connectivity index (χ4n) is 2.91. The molecule has 0 radical (unpaired) electrons. The van der Waals surface area contributed by atoms with Gasteiger partial charge < -0.3 is 4.74 Å². The number of hydrogen-bond donors (Lipinski definition) is 2. The quantitative estimate of drug-likeness (QED) is 0.377. The summed E-state index contributed by atoms with van der Waals surface area (Å²) in [6.45, 7) is 1.34. The lowest BCUT2D eigenvalue weighted by molar-refractivity contribution is -0.133. The van der Waals surface area contributed by atoms with Crippen molar-refractivity contribution in [3.05, 3.63) is 81.7 Å². The number of halogens is 1. The zero-order chi connectivity index (χ0) is 23.3. The molecule has 0 fully saturated rings. The lowest BCUT2D eigenvalue weighted by Gasteiger charge is -2.16. The number of aryl methyl sites for hydroxylation is 1. The Kier molecular flexibility index (Phi) is 7.29. The van der Waals surface area contributed by atoms with Crippen LogP contribution >= 0.6 is 11.6 Å². The van der Waals surface area contributed by atoms with Crippen molar-refractivity contribution in [3.8, 4) is 11.5 Å². The molecule has 3 rings (SSSR count). The molecule has 0 saturated heterocycles. The summed E-state index contributed by atoms with van der Waals surface area (Å²) in [6, 6.07) is 15.1. The molecule has 1 heterocycles. The van der Waals surface area contributed by atoms with E-state index in [2.05, 4.69) is 5.10 Å². The monoisotopic (exact) mass is 477 g/mol. The van der Waals surface area contributed by atoms with Gasteiger partial charge in [-0.3, -0.25) is 14.8 Å². The summed E-state index contributed by atoms with van der Waals surface area (Å²) in [5, 5.41) is 13.6. The van der Waals surface area contributed by atoms with Crippen LogP contribution in [0.2, 0.25) is 5.02 Å². The standard InChI is InChI=1S/C21H20ClN3O6S/c1-14-2-11-20(26)25(23-14)12-15(21(27)24-28)13-32(29,30)19-9-7-18(8-10-19)31-17-5-3-16(22)4-6-17/h2-11,15,28H,12-13H2,1H3,(H,24,27). The van der Waals surface area contributed by atoms with Gasteiger partial charge in [0.2, 0.25) is 5.91 Å². The number of nitrogens with zero attached hydrogens (tertiary/aromatic N) is 2. The van der Waals surface area contributed by atoms with E-state index in [0.29, 0.717) is 22.2 Å². The van der Waals surface area contributed by atoms with E-state index in [1.807, 2.05) is 0 Å². The maximum absolute atomic E-state index is 12.9. The Hall–Kier alpha value is -3.21. The van der Waals surface area contributed by atoms with Crippen LogP contribution in [0.25, 0.3) is 0 Å². The van der Waals surface area contributed by atoms with Crippen LogP contribution in [0, 0.1) is 12.8 Å². The minimum Gasteiger partial charge on any atom is -0.457 e. The summed E-state index contributed by atoms with van der Waals surface area (Å²) in [4.78, 5) is 24.1. The Labute approximate surface area is 189 Å². The highest BCUT2D eigenvalue weighted by Gasteiger charge is 2.28. The number of amides is 1. The number of carbonyl (C=O) groups excluding carboxylic acids is 1. The minimum atomic E-state index is -3.94. The fourth-order valence-corrected chi connectivity index (χ4v) is 4.56. The molecule has 0 spiro atoms.